The zero-order valence-corrected chi connectivity index (χ0v) is 13.5. The van der Waals surface area contributed by atoms with Crippen molar-refractivity contribution in [3.05, 3.63) is 40.9 Å². The van der Waals surface area contributed by atoms with Gasteiger partial charge in [-0.1, -0.05) is 23.2 Å². The molecule has 0 spiro atoms. The number of hydrogen-bond acceptors (Lipinski definition) is 3. The van der Waals surface area contributed by atoms with E-state index >= 15 is 0 Å². The minimum absolute atomic E-state index is 0.317. The van der Waals surface area contributed by atoms with Gasteiger partial charge in [-0.05, 0) is 18.6 Å². The quantitative estimate of drug-likeness (QED) is 0.790. The van der Waals surface area contributed by atoms with Gasteiger partial charge >= 0.3 is 6.03 Å². The number of carbonyl (C=O) groups is 1. The van der Waals surface area contributed by atoms with Crippen molar-refractivity contribution in [3.8, 4) is 5.75 Å². The van der Waals surface area contributed by atoms with Crippen molar-refractivity contribution in [2.45, 2.75) is 13.0 Å². The Labute approximate surface area is 138 Å². The number of aromatic nitrogens is 2. The monoisotopic (exact) mass is 342 g/mol. The second-order valence-corrected chi connectivity index (χ2v) is 5.32. The minimum atomic E-state index is -0.317. The molecule has 0 radical (unpaired) electrons. The molecule has 0 saturated carbocycles. The molecule has 6 nitrogen and oxygen atoms in total. The minimum Gasteiger partial charge on any atom is -0.494 e. The first kappa shape index (κ1) is 16.5. The van der Waals surface area contributed by atoms with Crippen molar-refractivity contribution in [1.82, 2.24) is 14.9 Å². The van der Waals surface area contributed by atoms with E-state index < -0.39 is 0 Å². The van der Waals surface area contributed by atoms with E-state index in [-0.39, 0.29) is 6.03 Å². The lowest BCUT2D eigenvalue weighted by Gasteiger charge is -2.11. The fraction of sp³-hybridized carbons (Fsp3) is 0.286. The Morgan fingerprint density at radius 3 is 2.68 bits per heavy atom. The largest absolute Gasteiger partial charge is 0.494 e. The number of anilines is 1. The predicted octanol–water partition coefficient (Wildman–Crippen LogP) is 3.41. The SMILES string of the molecule is COc1c(Cl)cc(NC(=O)NCCCn2ccnc2)cc1Cl. The summed E-state index contributed by atoms with van der Waals surface area (Å²) in [7, 11) is 1.48. The Bertz CT molecular complexity index is 609. The van der Waals surface area contributed by atoms with Crippen molar-refractivity contribution in [2.75, 3.05) is 19.0 Å². The summed E-state index contributed by atoms with van der Waals surface area (Å²) in [6, 6.07) is 2.84. The average Bonchev–Trinajstić information content (AvgIpc) is 2.96. The van der Waals surface area contributed by atoms with Crippen molar-refractivity contribution in [2.24, 2.45) is 0 Å². The number of nitrogens with one attached hydrogen (secondary N) is 2. The van der Waals surface area contributed by atoms with Crippen molar-refractivity contribution in [1.29, 1.82) is 0 Å². The molecule has 2 aromatic rings. The highest BCUT2D eigenvalue weighted by atomic mass is 35.5. The first-order valence-corrected chi connectivity index (χ1v) is 7.39. The Morgan fingerprint density at radius 1 is 1.36 bits per heavy atom. The summed E-state index contributed by atoms with van der Waals surface area (Å²) in [5.41, 5.74) is 0.503. The first-order chi connectivity index (χ1) is 10.6. The zero-order chi connectivity index (χ0) is 15.9. The van der Waals surface area contributed by atoms with Crippen LogP contribution in [0.2, 0.25) is 10.0 Å². The molecule has 0 bridgehead atoms. The summed E-state index contributed by atoms with van der Waals surface area (Å²) >= 11 is 12.0. The number of aryl methyl sites for hydroxylation is 1. The fourth-order valence-corrected chi connectivity index (χ4v) is 2.53. The van der Waals surface area contributed by atoms with Gasteiger partial charge in [-0.15, -0.1) is 0 Å². The van der Waals surface area contributed by atoms with Crippen molar-refractivity contribution < 1.29 is 9.53 Å². The number of halogens is 2. The van der Waals surface area contributed by atoms with Crippen LogP contribution in [0, 0.1) is 0 Å². The lowest BCUT2D eigenvalue weighted by molar-refractivity contribution is 0.252. The summed E-state index contributed by atoms with van der Waals surface area (Å²) in [4.78, 5) is 15.7. The molecule has 118 valence electrons. The number of amides is 2. The molecule has 0 aliphatic rings. The van der Waals surface area contributed by atoms with E-state index in [0.29, 0.717) is 28.0 Å². The molecular formula is C14H16Cl2N4O2. The van der Waals surface area contributed by atoms with Gasteiger partial charge in [-0.3, -0.25) is 0 Å². The van der Waals surface area contributed by atoms with Gasteiger partial charge in [0.15, 0.2) is 5.75 Å². The lowest BCUT2D eigenvalue weighted by atomic mass is 10.3. The Balaban J connectivity index is 1.79. The normalized spacial score (nSPS) is 10.3. The molecule has 22 heavy (non-hydrogen) atoms. The van der Waals surface area contributed by atoms with Crippen molar-refractivity contribution >= 4 is 34.9 Å². The van der Waals surface area contributed by atoms with Gasteiger partial charge in [0.25, 0.3) is 0 Å². The molecule has 0 aliphatic carbocycles. The Morgan fingerprint density at radius 2 is 2.09 bits per heavy atom. The molecule has 2 rings (SSSR count). The summed E-state index contributed by atoms with van der Waals surface area (Å²) in [6.45, 7) is 1.34. The fourth-order valence-electron chi connectivity index (χ4n) is 1.88. The van der Waals surface area contributed by atoms with E-state index in [0.717, 1.165) is 13.0 Å². The van der Waals surface area contributed by atoms with Crippen LogP contribution in [-0.4, -0.2) is 29.2 Å². The highest BCUT2D eigenvalue weighted by Gasteiger charge is 2.10. The van der Waals surface area contributed by atoms with Crippen LogP contribution in [0.3, 0.4) is 0 Å². The molecule has 1 aromatic carbocycles. The Hall–Kier alpha value is -1.92. The summed E-state index contributed by atoms with van der Waals surface area (Å²) in [5, 5.41) is 6.11. The molecule has 0 aliphatic heterocycles. The van der Waals surface area contributed by atoms with Gasteiger partial charge in [0.1, 0.15) is 0 Å². The number of ether oxygens (including phenoxy) is 1. The molecule has 0 saturated heterocycles. The third-order valence-corrected chi connectivity index (χ3v) is 3.46. The summed E-state index contributed by atoms with van der Waals surface area (Å²) in [5.74, 6) is 0.384. The zero-order valence-electron chi connectivity index (χ0n) is 12.0. The van der Waals surface area contributed by atoms with Gasteiger partial charge in [-0.25, -0.2) is 9.78 Å². The van der Waals surface area contributed by atoms with Crippen LogP contribution < -0.4 is 15.4 Å². The number of methoxy groups -OCH3 is 1. The third-order valence-electron chi connectivity index (χ3n) is 2.90. The molecule has 8 heteroatoms. The maximum atomic E-state index is 11.8. The average molecular weight is 343 g/mol. The van der Waals surface area contributed by atoms with Gasteiger partial charge in [-0.2, -0.15) is 0 Å². The summed E-state index contributed by atoms with van der Waals surface area (Å²) < 4.78 is 7.00. The number of benzene rings is 1. The van der Waals surface area contributed by atoms with Crippen LogP contribution in [0.4, 0.5) is 10.5 Å². The number of rotatable bonds is 6. The second-order valence-electron chi connectivity index (χ2n) is 4.51. The van der Waals surface area contributed by atoms with Crippen LogP contribution >= 0.6 is 23.2 Å². The molecule has 2 amide bonds. The maximum absolute atomic E-state index is 11.8. The molecule has 1 aromatic heterocycles. The van der Waals surface area contributed by atoms with E-state index in [4.69, 9.17) is 27.9 Å². The number of nitrogens with zero attached hydrogens (tertiary/aromatic N) is 2. The third kappa shape index (κ3) is 4.54. The molecular weight excluding hydrogens is 327 g/mol. The highest BCUT2D eigenvalue weighted by molar-refractivity contribution is 6.37. The van der Waals surface area contributed by atoms with E-state index in [2.05, 4.69) is 15.6 Å². The summed E-state index contributed by atoms with van der Waals surface area (Å²) in [6.07, 6.45) is 6.13. The van der Waals surface area contributed by atoms with E-state index in [9.17, 15) is 4.79 Å². The van der Waals surface area contributed by atoms with Crippen molar-refractivity contribution in [3.63, 3.8) is 0 Å². The van der Waals surface area contributed by atoms with E-state index in [1.807, 2.05) is 10.8 Å². The number of imidazole rings is 1. The predicted molar refractivity (Wildman–Crippen MR) is 86.9 cm³/mol. The van der Waals surface area contributed by atoms with Gasteiger partial charge in [0.2, 0.25) is 0 Å². The van der Waals surface area contributed by atoms with Gasteiger partial charge < -0.3 is 19.9 Å². The molecule has 0 unspecified atom stereocenters. The maximum Gasteiger partial charge on any atom is 0.319 e. The van der Waals surface area contributed by atoms with E-state index in [1.54, 1.807) is 24.7 Å². The molecule has 1 heterocycles. The Kier molecular flexibility index (Phi) is 5.91. The van der Waals surface area contributed by atoms with Gasteiger partial charge in [0, 0.05) is 31.2 Å². The lowest BCUT2D eigenvalue weighted by Crippen LogP contribution is -2.30. The second kappa shape index (κ2) is 7.91. The van der Waals surface area contributed by atoms with Crippen LogP contribution in [0.5, 0.6) is 5.75 Å². The van der Waals surface area contributed by atoms with Crippen LogP contribution in [0.25, 0.3) is 0 Å². The number of hydrogen-bond donors (Lipinski definition) is 2. The van der Waals surface area contributed by atoms with Crippen LogP contribution in [0.15, 0.2) is 30.9 Å². The number of carbonyl (C=O) groups excluding carboxylic acids is 1. The molecule has 0 atom stereocenters. The van der Waals surface area contributed by atoms with Crippen LogP contribution in [0.1, 0.15) is 6.42 Å². The van der Waals surface area contributed by atoms with Crippen LogP contribution in [-0.2, 0) is 6.54 Å². The van der Waals surface area contributed by atoms with E-state index in [1.165, 1.54) is 7.11 Å². The smallest absolute Gasteiger partial charge is 0.319 e. The topological polar surface area (TPSA) is 68.2 Å². The molecule has 2 N–H and O–H groups in total. The highest BCUT2D eigenvalue weighted by Crippen LogP contribution is 2.35. The van der Waals surface area contributed by atoms with Gasteiger partial charge in [0.05, 0.1) is 23.5 Å². The first-order valence-electron chi connectivity index (χ1n) is 6.64. The standard InChI is InChI=1S/C14H16Cl2N4O2/c1-22-13-11(15)7-10(8-12(13)16)19-14(21)18-3-2-5-20-6-4-17-9-20/h4,6-9H,2-3,5H2,1H3,(H2,18,19,21). The molecule has 0 fully saturated rings. The number of urea groups is 1.